The molecule has 0 aliphatic heterocycles. The molecule has 3 N–H and O–H groups in total. The third-order valence-corrected chi connectivity index (χ3v) is 6.52. The summed E-state index contributed by atoms with van der Waals surface area (Å²) in [6, 6.07) is 18.7. The average Bonchev–Trinajstić information content (AvgIpc) is 2.81. The van der Waals surface area contributed by atoms with Gasteiger partial charge in [0.25, 0.3) is 20.2 Å². The van der Waals surface area contributed by atoms with Gasteiger partial charge in [-0.05, 0) is 53.9 Å². The Hall–Kier alpha value is -2.04. The number of rotatable bonds is 6. The molecule has 0 unspecified atom stereocenters. The van der Waals surface area contributed by atoms with Crippen molar-refractivity contribution in [2.75, 3.05) is 0 Å². The van der Waals surface area contributed by atoms with Gasteiger partial charge in [0.2, 0.25) is 0 Å². The summed E-state index contributed by atoms with van der Waals surface area (Å²) in [6.45, 7) is 0. The molecule has 4 aromatic carbocycles. The van der Waals surface area contributed by atoms with Crippen molar-refractivity contribution in [2.24, 2.45) is 20.5 Å². The quantitative estimate of drug-likeness (QED) is 0.167. The van der Waals surface area contributed by atoms with Crippen LogP contribution in [0.3, 0.4) is 0 Å². The molecule has 4 rings (SSSR count). The Morgan fingerprint density at radius 1 is 0.622 bits per heavy atom. The van der Waals surface area contributed by atoms with Crippen molar-refractivity contribution in [1.29, 1.82) is 0 Å². The Balaban J connectivity index is 0.00000241. The predicted octanol–water partition coefficient (Wildman–Crippen LogP) is 5.11. The minimum absolute atomic E-state index is 0. The zero-order valence-corrected chi connectivity index (χ0v) is 25.2. The van der Waals surface area contributed by atoms with Crippen LogP contribution in [0.1, 0.15) is 0 Å². The third kappa shape index (κ3) is 7.74. The van der Waals surface area contributed by atoms with Crippen LogP contribution in [0, 0.1) is 0 Å². The van der Waals surface area contributed by atoms with Crippen molar-refractivity contribution in [3.8, 4) is 5.75 Å². The number of hydrogen-bond donors (Lipinski definition) is 3. The van der Waals surface area contributed by atoms with Gasteiger partial charge in [-0.2, -0.15) is 27.1 Å². The summed E-state index contributed by atoms with van der Waals surface area (Å²) in [6.07, 6.45) is 0. The van der Waals surface area contributed by atoms with E-state index in [0.29, 0.717) is 5.39 Å². The van der Waals surface area contributed by atoms with Gasteiger partial charge >= 0.3 is 0 Å². The van der Waals surface area contributed by atoms with Gasteiger partial charge in [-0.1, -0.05) is 30.3 Å². The van der Waals surface area contributed by atoms with E-state index in [1.807, 2.05) is 12.1 Å². The molecule has 0 aromatic heterocycles. The Labute approximate surface area is 256 Å². The second-order valence-electron chi connectivity index (χ2n) is 7.15. The van der Waals surface area contributed by atoms with Crippen LogP contribution < -0.4 is 0 Å². The molecule has 0 heterocycles. The number of aromatic hydroxyl groups is 1. The molecule has 0 fully saturated rings. The third-order valence-electron chi connectivity index (χ3n) is 4.77. The molecule has 0 atom stereocenters. The molecule has 37 heavy (non-hydrogen) atoms. The molecule has 0 saturated carbocycles. The number of nitrogens with zero attached hydrogens (tertiary/aromatic N) is 4. The molecule has 0 bridgehead atoms. The SMILES string of the molecule is O=S(=O)(O)c1ccc(N=Nc2ccc(N=Nc3c(O)ccc4ccccc34)c(S(=O)(=O)O)c2)cc1.[Na].[Na]. The summed E-state index contributed by atoms with van der Waals surface area (Å²) in [5.41, 5.74) is 0.197. The van der Waals surface area contributed by atoms with Crippen LogP contribution in [-0.2, 0) is 20.2 Å². The first kappa shape index (κ1) is 31.2. The zero-order valence-electron chi connectivity index (χ0n) is 19.6. The summed E-state index contributed by atoms with van der Waals surface area (Å²) in [5.74, 6) is -0.161. The number of hydrogen-bond acceptors (Lipinski definition) is 9. The zero-order chi connectivity index (χ0) is 25.2. The van der Waals surface area contributed by atoms with Crippen LogP contribution in [0.4, 0.5) is 22.7 Å². The van der Waals surface area contributed by atoms with E-state index in [9.17, 15) is 26.5 Å². The van der Waals surface area contributed by atoms with Gasteiger partial charge in [0.05, 0.1) is 16.3 Å². The Bertz CT molecular complexity index is 1710. The van der Waals surface area contributed by atoms with Gasteiger partial charge in [0.15, 0.2) is 0 Å². The molecule has 0 amide bonds. The van der Waals surface area contributed by atoms with E-state index in [2.05, 4.69) is 20.5 Å². The van der Waals surface area contributed by atoms with E-state index < -0.39 is 25.1 Å². The maximum absolute atomic E-state index is 12.0. The van der Waals surface area contributed by atoms with Gasteiger partial charge in [-0.3, -0.25) is 9.11 Å². The van der Waals surface area contributed by atoms with E-state index >= 15 is 0 Å². The second kappa shape index (κ2) is 12.7. The molecule has 11 nitrogen and oxygen atoms in total. The largest absolute Gasteiger partial charge is 0.506 e. The van der Waals surface area contributed by atoms with Crippen molar-refractivity contribution in [2.45, 2.75) is 9.79 Å². The Morgan fingerprint density at radius 2 is 1.24 bits per heavy atom. The van der Waals surface area contributed by atoms with Crippen molar-refractivity contribution in [3.05, 3.63) is 78.9 Å². The fraction of sp³-hybridized carbons (Fsp3) is 0. The van der Waals surface area contributed by atoms with Gasteiger partial charge in [-0.15, -0.1) is 10.2 Å². The number of benzene rings is 4. The topological polar surface area (TPSA) is 178 Å². The van der Waals surface area contributed by atoms with Crippen LogP contribution in [0.2, 0.25) is 0 Å². The van der Waals surface area contributed by atoms with Gasteiger partial charge in [0, 0.05) is 64.5 Å². The first-order chi connectivity index (χ1) is 16.5. The molecular weight excluding hydrogens is 542 g/mol. The van der Waals surface area contributed by atoms with E-state index in [0.717, 1.165) is 23.6 Å². The molecule has 0 aliphatic rings. The first-order valence-electron chi connectivity index (χ1n) is 9.76. The number of fused-ring (bicyclic) bond motifs is 1. The van der Waals surface area contributed by atoms with Crippen molar-refractivity contribution < 1.29 is 31.0 Å². The first-order valence-corrected chi connectivity index (χ1v) is 12.6. The number of phenolic OH excluding ortho intramolecular Hbond substituents is 1. The summed E-state index contributed by atoms with van der Waals surface area (Å²) < 4.78 is 64.8. The molecule has 180 valence electrons. The van der Waals surface area contributed by atoms with Crippen molar-refractivity contribution in [1.82, 2.24) is 0 Å². The monoisotopic (exact) mass is 558 g/mol. The fourth-order valence-electron chi connectivity index (χ4n) is 3.11. The smallest absolute Gasteiger partial charge is 0.296 e. The minimum atomic E-state index is -4.73. The minimum Gasteiger partial charge on any atom is -0.506 e. The Kier molecular flexibility index (Phi) is 10.7. The maximum atomic E-state index is 12.0. The summed E-state index contributed by atoms with van der Waals surface area (Å²) in [5, 5.41) is 27.3. The molecule has 0 spiro atoms. The summed E-state index contributed by atoms with van der Waals surface area (Å²) >= 11 is 0. The van der Waals surface area contributed by atoms with Crippen molar-refractivity contribution >= 4 is 113 Å². The Morgan fingerprint density at radius 3 is 1.89 bits per heavy atom. The number of azo groups is 2. The van der Waals surface area contributed by atoms with Crippen LogP contribution in [-0.4, -0.2) is 90.2 Å². The summed E-state index contributed by atoms with van der Waals surface area (Å²) in [4.78, 5) is -0.906. The van der Waals surface area contributed by atoms with Crippen LogP contribution in [0.25, 0.3) is 10.8 Å². The van der Waals surface area contributed by atoms with E-state index in [4.69, 9.17) is 4.55 Å². The molecule has 15 heteroatoms. The van der Waals surface area contributed by atoms with E-state index in [1.165, 1.54) is 30.3 Å². The number of phenols is 1. The molecule has 4 aromatic rings. The predicted molar refractivity (Wildman–Crippen MR) is 138 cm³/mol. The fourth-order valence-corrected chi connectivity index (χ4v) is 4.23. The molecular formula is C22H16N4Na2O7S2. The second-order valence-corrected chi connectivity index (χ2v) is 9.96. The van der Waals surface area contributed by atoms with E-state index in [-0.39, 0.29) is 92.5 Å². The summed E-state index contributed by atoms with van der Waals surface area (Å²) in [7, 11) is -9.09. The molecule has 0 saturated heterocycles. The van der Waals surface area contributed by atoms with E-state index in [1.54, 1.807) is 18.2 Å². The molecule has 0 aliphatic carbocycles. The van der Waals surface area contributed by atoms with Crippen LogP contribution in [0.15, 0.2) is 109 Å². The van der Waals surface area contributed by atoms with Gasteiger partial charge in [-0.25, -0.2) is 0 Å². The van der Waals surface area contributed by atoms with Gasteiger partial charge < -0.3 is 5.11 Å². The van der Waals surface area contributed by atoms with Crippen LogP contribution >= 0.6 is 0 Å². The standard InChI is InChI=1S/C22H16N4O7S2.2Na/c27-20-12-5-14-3-1-2-4-18(14)22(20)26-25-19-11-8-16(13-21(19)35(31,32)33)24-23-15-6-9-17(10-7-15)34(28,29)30;;/h1-13,27H,(H,28,29,30)(H,31,32,33);;. The van der Waals surface area contributed by atoms with Gasteiger partial charge in [0.1, 0.15) is 22.0 Å². The average molecular weight is 559 g/mol. The maximum Gasteiger partial charge on any atom is 0.296 e. The van der Waals surface area contributed by atoms with Crippen LogP contribution in [0.5, 0.6) is 5.75 Å². The van der Waals surface area contributed by atoms with Crippen molar-refractivity contribution in [3.63, 3.8) is 0 Å². The molecule has 2 radical (unpaired) electrons. The normalized spacial score (nSPS) is 11.9.